The van der Waals surface area contributed by atoms with Crippen molar-refractivity contribution in [1.82, 2.24) is 0 Å². The first kappa shape index (κ1) is 10.7. The Bertz CT molecular complexity index is 280. The first-order valence-corrected chi connectivity index (χ1v) is 4.75. The maximum Gasteiger partial charge on any atom is 0.118 e. The summed E-state index contributed by atoms with van der Waals surface area (Å²) in [6.45, 7) is 3.28. The molecule has 0 spiro atoms. The Hall–Kier alpha value is -1.35. The molecule has 2 N–H and O–H groups in total. The summed E-state index contributed by atoms with van der Waals surface area (Å²) >= 11 is 0. The van der Waals surface area contributed by atoms with Crippen LogP contribution in [0.3, 0.4) is 0 Å². The third-order valence-electron chi connectivity index (χ3n) is 1.79. The molecule has 1 aromatic carbocycles. The van der Waals surface area contributed by atoms with Gasteiger partial charge in [0.1, 0.15) is 6.61 Å². The van der Waals surface area contributed by atoms with E-state index in [0.717, 1.165) is 12.0 Å². The maximum absolute atomic E-state index is 5.31. The van der Waals surface area contributed by atoms with Gasteiger partial charge < -0.3 is 10.6 Å². The van der Waals surface area contributed by atoms with Crippen LogP contribution >= 0.6 is 0 Å². The molecule has 0 atom stereocenters. The molecule has 0 heterocycles. The molecule has 0 aliphatic rings. The molecule has 0 amide bonds. The van der Waals surface area contributed by atoms with Gasteiger partial charge in [-0.25, -0.2) is 0 Å². The summed E-state index contributed by atoms with van der Waals surface area (Å²) in [6.07, 6.45) is 2.54. The standard InChI is InChI=1S/C11H16N2O/c1-10-3-5-11(6-4-10)9-13-14-8-2-7-12/h3-6,9H,2,7-8,12H2,1H3/b13-9+. The van der Waals surface area contributed by atoms with E-state index in [-0.39, 0.29) is 0 Å². The molecule has 0 aromatic heterocycles. The summed E-state index contributed by atoms with van der Waals surface area (Å²) in [7, 11) is 0. The van der Waals surface area contributed by atoms with Gasteiger partial charge in [-0.3, -0.25) is 0 Å². The molecule has 1 rings (SSSR count). The number of aryl methyl sites for hydroxylation is 1. The van der Waals surface area contributed by atoms with Crippen LogP contribution in [0.2, 0.25) is 0 Å². The number of nitrogens with zero attached hydrogens (tertiary/aromatic N) is 1. The lowest BCUT2D eigenvalue weighted by atomic mass is 10.2. The van der Waals surface area contributed by atoms with Gasteiger partial charge in [-0.05, 0) is 25.5 Å². The quantitative estimate of drug-likeness (QED) is 0.438. The number of nitrogens with two attached hydrogens (primary N) is 1. The van der Waals surface area contributed by atoms with Crippen molar-refractivity contribution in [3.8, 4) is 0 Å². The van der Waals surface area contributed by atoms with Crippen molar-refractivity contribution >= 4 is 6.21 Å². The Labute approximate surface area is 84.6 Å². The van der Waals surface area contributed by atoms with Gasteiger partial charge >= 0.3 is 0 Å². The SMILES string of the molecule is Cc1ccc(/C=N/OCCCN)cc1. The first-order chi connectivity index (χ1) is 6.83. The molecule has 0 saturated heterocycles. The molecule has 0 aliphatic carbocycles. The van der Waals surface area contributed by atoms with Gasteiger partial charge in [-0.15, -0.1) is 0 Å². The average Bonchev–Trinajstić information content (AvgIpc) is 2.21. The van der Waals surface area contributed by atoms with Gasteiger partial charge in [-0.1, -0.05) is 35.0 Å². The highest BCUT2D eigenvalue weighted by Crippen LogP contribution is 2.00. The molecule has 3 heteroatoms. The van der Waals surface area contributed by atoms with Crippen molar-refractivity contribution in [1.29, 1.82) is 0 Å². The van der Waals surface area contributed by atoms with E-state index in [9.17, 15) is 0 Å². The van der Waals surface area contributed by atoms with Crippen LogP contribution in [-0.2, 0) is 4.84 Å². The number of benzene rings is 1. The molecule has 1 aromatic rings. The van der Waals surface area contributed by atoms with Crippen molar-refractivity contribution < 1.29 is 4.84 Å². The molecule has 0 fully saturated rings. The molecule has 0 saturated carbocycles. The molecule has 3 nitrogen and oxygen atoms in total. The summed E-state index contributed by atoms with van der Waals surface area (Å²) < 4.78 is 0. The Balaban J connectivity index is 2.33. The van der Waals surface area contributed by atoms with Gasteiger partial charge in [-0.2, -0.15) is 0 Å². The highest BCUT2D eigenvalue weighted by atomic mass is 16.6. The summed E-state index contributed by atoms with van der Waals surface area (Å²) in [4.78, 5) is 5.00. The van der Waals surface area contributed by atoms with Crippen LogP contribution in [-0.4, -0.2) is 19.4 Å². The summed E-state index contributed by atoms with van der Waals surface area (Å²) in [5, 5.41) is 3.83. The van der Waals surface area contributed by atoms with Gasteiger partial charge in [0.05, 0.1) is 6.21 Å². The second-order valence-electron chi connectivity index (χ2n) is 3.12. The normalized spacial score (nSPS) is 10.7. The number of hydrogen-bond acceptors (Lipinski definition) is 3. The van der Waals surface area contributed by atoms with Crippen molar-refractivity contribution in [2.24, 2.45) is 10.9 Å². The topological polar surface area (TPSA) is 47.6 Å². The fourth-order valence-electron chi connectivity index (χ4n) is 0.951. The molecule has 0 bridgehead atoms. The smallest absolute Gasteiger partial charge is 0.118 e. The Morgan fingerprint density at radius 3 is 2.71 bits per heavy atom. The van der Waals surface area contributed by atoms with Crippen LogP contribution < -0.4 is 5.73 Å². The Morgan fingerprint density at radius 2 is 2.07 bits per heavy atom. The zero-order chi connectivity index (χ0) is 10.2. The molecule has 0 unspecified atom stereocenters. The van der Waals surface area contributed by atoms with Crippen molar-refractivity contribution in [3.63, 3.8) is 0 Å². The van der Waals surface area contributed by atoms with Gasteiger partial charge in [0.25, 0.3) is 0 Å². The Morgan fingerprint density at radius 1 is 1.36 bits per heavy atom. The van der Waals surface area contributed by atoms with Gasteiger partial charge in [0, 0.05) is 0 Å². The summed E-state index contributed by atoms with van der Waals surface area (Å²) in [5.41, 5.74) is 7.59. The van der Waals surface area contributed by atoms with E-state index >= 15 is 0 Å². The minimum atomic E-state index is 0.582. The van der Waals surface area contributed by atoms with E-state index in [0.29, 0.717) is 13.2 Å². The van der Waals surface area contributed by atoms with Gasteiger partial charge in [0.15, 0.2) is 0 Å². The average molecular weight is 192 g/mol. The van der Waals surface area contributed by atoms with E-state index in [1.807, 2.05) is 24.3 Å². The fraction of sp³-hybridized carbons (Fsp3) is 0.364. The molecule has 0 radical (unpaired) electrons. The molecule has 76 valence electrons. The van der Waals surface area contributed by atoms with E-state index in [4.69, 9.17) is 10.6 Å². The van der Waals surface area contributed by atoms with Crippen LogP contribution in [0.5, 0.6) is 0 Å². The third-order valence-corrected chi connectivity index (χ3v) is 1.79. The van der Waals surface area contributed by atoms with E-state index in [2.05, 4.69) is 12.1 Å². The zero-order valence-electron chi connectivity index (χ0n) is 8.44. The van der Waals surface area contributed by atoms with Crippen LogP contribution in [0.25, 0.3) is 0 Å². The minimum absolute atomic E-state index is 0.582. The van der Waals surface area contributed by atoms with Crippen molar-refractivity contribution in [2.75, 3.05) is 13.2 Å². The predicted molar refractivity (Wildman–Crippen MR) is 58.4 cm³/mol. The monoisotopic (exact) mass is 192 g/mol. The van der Waals surface area contributed by atoms with Crippen molar-refractivity contribution in [2.45, 2.75) is 13.3 Å². The molecular weight excluding hydrogens is 176 g/mol. The molecular formula is C11H16N2O. The lowest BCUT2D eigenvalue weighted by Crippen LogP contribution is -2.02. The van der Waals surface area contributed by atoms with Crippen LogP contribution in [0, 0.1) is 6.92 Å². The lowest BCUT2D eigenvalue weighted by Gasteiger charge is -1.96. The largest absolute Gasteiger partial charge is 0.396 e. The minimum Gasteiger partial charge on any atom is -0.396 e. The van der Waals surface area contributed by atoms with Crippen LogP contribution in [0.15, 0.2) is 29.4 Å². The van der Waals surface area contributed by atoms with E-state index in [1.54, 1.807) is 6.21 Å². The number of rotatable bonds is 5. The molecule has 14 heavy (non-hydrogen) atoms. The zero-order valence-corrected chi connectivity index (χ0v) is 8.44. The first-order valence-electron chi connectivity index (χ1n) is 4.75. The number of oxime groups is 1. The van der Waals surface area contributed by atoms with Crippen LogP contribution in [0.1, 0.15) is 17.5 Å². The fourth-order valence-corrected chi connectivity index (χ4v) is 0.951. The summed E-state index contributed by atoms with van der Waals surface area (Å²) in [5.74, 6) is 0. The maximum atomic E-state index is 5.31. The van der Waals surface area contributed by atoms with E-state index in [1.165, 1.54) is 5.56 Å². The predicted octanol–water partition coefficient (Wildman–Crippen LogP) is 1.69. The van der Waals surface area contributed by atoms with Crippen LogP contribution in [0.4, 0.5) is 0 Å². The second kappa shape index (κ2) is 6.16. The van der Waals surface area contributed by atoms with E-state index < -0.39 is 0 Å². The van der Waals surface area contributed by atoms with Gasteiger partial charge in [0.2, 0.25) is 0 Å². The highest BCUT2D eigenvalue weighted by molar-refractivity contribution is 5.78. The molecule has 0 aliphatic heterocycles. The summed E-state index contributed by atoms with van der Waals surface area (Å²) in [6, 6.07) is 8.10. The van der Waals surface area contributed by atoms with Crippen molar-refractivity contribution in [3.05, 3.63) is 35.4 Å². The third kappa shape index (κ3) is 4.05. The Kier molecular flexibility index (Phi) is 4.72. The number of hydrogen-bond donors (Lipinski definition) is 1. The second-order valence-corrected chi connectivity index (χ2v) is 3.12. The lowest BCUT2D eigenvalue weighted by molar-refractivity contribution is 0.145. The highest BCUT2D eigenvalue weighted by Gasteiger charge is 1.87.